The number of para-hydroxylation sites is 1. The number of carbonyl (C=O) groups is 5. The summed E-state index contributed by atoms with van der Waals surface area (Å²) in [6, 6.07) is 23.9. The Bertz CT molecular complexity index is 3350. The number of amides is 1. The summed E-state index contributed by atoms with van der Waals surface area (Å²) >= 11 is 0. The molecule has 0 saturated carbocycles. The number of carboxylic acid groups (broad SMARTS) is 3. The molecule has 19 heteroatoms. The van der Waals surface area contributed by atoms with Crippen LogP contribution in [0.1, 0.15) is 65.9 Å². The second kappa shape index (κ2) is 18.6. The molecule has 8 rings (SSSR count). The van der Waals surface area contributed by atoms with Crippen LogP contribution in [0.2, 0.25) is 0 Å². The minimum atomic E-state index is -1.15. The smallest absolute Gasteiger partial charge is 0.359 e. The van der Waals surface area contributed by atoms with Crippen molar-refractivity contribution in [1.29, 1.82) is 0 Å². The maximum Gasteiger partial charge on any atom is 0.359 e. The molecule has 4 heterocycles. The van der Waals surface area contributed by atoms with E-state index < -0.39 is 46.8 Å². The number of nitrogens with zero attached hydrogens (tertiary/aromatic N) is 6. The molecule has 4 aromatic carbocycles. The molecule has 5 N–H and O–H groups in total. The summed E-state index contributed by atoms with van der Waals surface area (Å²) in [6.07, 6.45) is 4.54. The zero-order valence-electron chi connectivity index (χ0n) is 35.4. The van der Waals surface area contributed by atoms with E-state index in [9.17, 15) is 38.7 Å². The molecule has 0 spiro atoms. The second-order valence-electron chi connectivity index (χ2n) is 14.5. The fourth-order valence-corrected chi connectivity index (χ4v) is 7.01. The van der Waals surface area contributed by atoms with Crippen LogP contribution in [0.15, 0.2) is 122 Å². The summed E-state index contributed by atoms with van der Waals surface area (Å²) in [5, 5.41) is 45.8. The first-order valence-electron chi connectivity index (χ1n) is 19.9. The number of carbonyl (C=O) groups excluding carboxylic acids is 2. The number of allylic oxidation sites excluding steroid dienone is 1. The number of fused-ring (bicyclic) bond motifs is 1. The molecule has 0 atom stereocenters. The Hall–Kier alpha value is -9.70. The highest BCUT2D eigenvalue weighted by atomic mass is 16.5. The second-order valence-corrected chi connectivity index (χ2v) is 14.5. The van der Waals surface area contributed by atoms with E-state index in [2.05, 4.69) is 20.0 Å². The molecular weight excluding hydrogens is 867 g/mol. The van der Waals surface area contributed by atoms with Gasteiger partial charge >= 0.3 is 23.9 Å². The van der Waals surface area contributed by atoms with Crippen LogP contribution < -0.4 is 16.1 Å². The van der Waals surface area contributed by atoms with Gasteiger partial charge in [0.05, 0.1) is 63.8 Å². The average Bonchev–Trinajstić information content (AvgIpc) is 3.97. The number of benzene rings is 4. The third-order valence-electron chi connectivity index (χ3n) is 10.4. The molecular formula is C48H35N7O12. The number of carboxylic acids is 3. The number of H-pyrrole nitrogens is 1. The molecule has 2 aliphatic heterocycles. The standard InChI is InChI=1S/C25H20N4O8.C23H15N3O4/c1-3-37-25(36)20-19(22(31)29(27-20)17-10-6-15(7-11-17)24(34)35)12-18-13(2)26-28(21(18)30)16-8-4-14(5-9-16)23(32)33;1-13-18(11-15-12-25-19-6-4-3-5-17(15)19)21(27)26(22(28)20(13)24-2)16-9-7-14(8-10-16)23(29)30/h4-12,26H,3H2,1-2H3,(H,32,33)(H,34,35);3-12,28H,1H3,(H,29,30). The third-order valence-corrected chi connectivity index (χ3v) is 10.4. The zero-order chi connectivity index (χ0) is 48.3. The number of aryl methyl sites for hydroxylation is 1. The van der Waals surface area contributed by atoms with Gasteiger partial charge in [-0.05, 0) is 117 Å². The topological polar surface area (TPSA) is 268 Å². The van der Waals surface area contributed by atoms with E-state index in [0.717, 1.165) is 26.4 Å². The molecule has 67 heavy (non-hydrogen) atoms. The molecule has 0 radical (unpaired) electrons. The number of rotatable bonds is 10. The van der Waals surface area contributed by atoms with E-state index in [1.165, 1.54) is 83.6 Å². The van der Waals surface area contributed by atoms with Crippen molar-refractivity contribution in [1.82, 2.24) is 14.3 Å². The summed E-state index contributed by atoms with van der Waals surface area (Å²) in [5.41, 5.74) is 2.74. The molecule has 6 aromatic rings. The summed E-state index contributed by atoms with van der Waals surface area (Å²) in [5.74, 6) is -5.44. The molecule has 19 nitrogen and oxygen atoms in total. The molecule has 334 valence electrons. The Labute approximate surface area is 378 Å². The molecule has 2 aliphatic rings. The number of anilines is 1. The van der Waals surface area contributed by atoms with Crippen molar-refractivity contribution in [3.63, 3.8) is 0 Å². The minimum Gasteiger partial charge on any atom is -0.502 e. The van der Waals surface area contributed by atoms with Gasteiger partial charge in [-0.25, -0.2) is 28.7 Å². The Morgan fingerprint density at radius 2 is 1.30 bits per heavy atom. The molecule has 1 amide bonds. The first-order chi connectivity index (χ1) is 32.0. The number of hydrogen-bond donors (Lipinski definition) is 5. The summed E-state index contributed by atoms with van der Waals surface area (Å²) in [6.45, 7) is 12.3. The number of ether oxygens (including phenoxy) is 1. The van der Waals surface area contributed by atoms with E-state index in [1.807, 2.05) is 24.3 Å². The highest BCUT2D eigenvalue weighted by Crippen LogP contribution is 2.36. The first-order valence-corrected chi connectivity index (χ1v) is 19.9. The maximum atomic E-state index is 13.3. The number of pyridine rings is 1. The van der Waals surface area contributed by atoms with Gasteiger partial charge in [0, 0.05) is 28.6 Å². The fraction of sp³-hybridized carbons (Fsp3) is 0.0833. The fourth-order valence-electron chi connectivity index (χ4n) is 7.01. The van der Waals surface area contributed by atoms with Crippen LogP contribution in [-0.2, 0) is 14.3 Å². The van der Waals surface area contributed by atoms with E-state index in [0.29, 0.717) is 16.9 Å². The quantitative estimate of drug-likeness (QED) is 0.0555. The molecule has 0 aliphatic carbocycles. The highest BCUT2D eigenvalue weighted by molar-refractivity contribution is 6.54. The number of hydrogen-bond acceptors (Lipinski definition) is 11. The Kier molecular flexibility index (Phi) is 12.6. The van der Waals surface area contributed by atoms with E-state index >= 15 is 0 Å². The summed E-state index contributed by atoms with van der Waals surface area (Å²) < 4.78 is 7.22. The lowest BCUT2D eigenvalue weighted by atomic mass is 10.0. The van der Waals surface area contributed by atoms with Gasteiger partial charge in [0.1, 0.15) is 0 Å². The van der Waals surface area contributed by atoms with Gasteiger partial charge in [0.25, 0.3) is 17.0 Å². The van der Waals surface area contributed by atoms with Gasteiger partial charge < -0.3 is 25.2 Å². The lowest BCUT2D eigenvalue weighted by molar-refractivity contribution is -0.135. The molecule has 0 fully saturated rings. The van der Waals surface area contributed by atoms with Crippen molar-refractivity contribution in [2.75, 3.05) is 11.6 Å². The average molecular weight is 902 g/mol. The largest absolute Gasteiger partial charge is 0.502 e. The van der Waals surface area contributed by atoms with Gasteiger partial charge in [-0.15, -0.1) is 0 Å². The predicted octanol–water partition coefficient (Wildman–Crippen LogP) is 6.58. The van der Waals surface area contributed by atoms with Crippen molar-refractivity contribution in [3.05, 3.63) is 179 Å². The monoisotopic (exact) mass is 901 g/mol. The zero-order valence-corrected chi connectivity index (χ0v) is 35.4. The number of aliphatic imine (C=N–C) groups is 1. The van der Waals surface area contributed by atoms with Gasteiger partial charge in [0.15, 0.2) is 5.71 Å². The van der Waals surface area contributed by atoms with Gasteiger partial charge in [-0.1, -0.05) is 18.2 Å². The molecule has 0 unspecified atom stereocenters. The van der Waals surface area contributed by atoms with E-state index in [1.54, 1.807) is 33.1 Å². The summed E-state index contributed by atoms with van der Waals surface area (Å²) in [4.78, 5) is 93.5. The summed E-state index contributed by atoms with van der Waals surface area (Å²) in [7, 11) is 0. The Morgan fingerprint density at radius 3 is 1.85 bits per heavy atom. The van der Waals surface area contributed by atoms with Crippen LogP contribution in [0.25, 0.3) is 33.9 Å². The van der Waals surface area contributed by atoms with Gasteiger partial charge in [-0.3, -0.25) is 29.0 Å². The predicted molar refractivity (Wildman–Crippen MR) is 245 cm³/mol. The minimum absolute atomic E-state index is 0.000595. The van der Waals surface area contributed by atoms with Crippen molar-refractivity contribution in [2.24, 2.45) is 10.1 Å². The number of aromatic carboxylic acids is 3. The number of aromatic amines is 1. The van der Waals surface area contributed by atoms with Crippen LogP contribution in [0.5, 0.6) is 5.88 Å². The number of aromatic nitrogens is 3. The van der Waals surface area contributed by atoms with Crippen LogP contribution in [0.4, 0.5) is 17.1 Å². The SMILES string of the molecule is CCOC(=O)C1=NN(c2ccc(C(=O)O)cc2)C(=O)C1=Cc1c(C)[nH]n(-c2ccc(C(=O)O)cc2)c1=O.[C-]#[N+]c1c(C)c(C=C2C=Nc3ccccc32)c(=O)n(-c2ccc(C(=O)O)cc2)c1O. The first kappa shape index (κ1) is 45.3. The van der Waals surface area contributed by atoms with E-state index in [-0.39, 0.29) is 62.8 Å². The van der Waals surface area contributed by atoms with Crippen LogP contribution in [-0.4, -0.2) is 83.1 Å². The molecule has 0 saturated heterocycles. The van der Waals surface area contributed by atoms with Crippen LogP contribution >= 0.6 is 0 Å². The van der Waals surface area contributed by atoms with Crippen molar-refractivity contribution in [2.45, 2.75) is 20.8 Å². The lowest BCUT2D eigenvalue weighted by Gasteiger charge is -2.14. The number of esters is 1. The highest BCUT2D eigenvalue weighted by Gasteiger charge is 2.37. The number of aromatic hydroxyl groups is 1. The van der Waals surface area contributed by atoms with Crippen molar-refractivity contribution >= 4 is 76.5 Å². The van der Waals surface area contributed by atoms with E-state index in [4.69, 9.17) is 26.6 Å². The number of hydrazone groups is 1. The van der Waals surface area contributed by atoms with Crippen LogP contribution in [0.3, 0.4) is 0 Å². The van der Waals surface area contributed by atoms with Crippen molar-refractivity contribution < 1.29 is 49.1 Å². The number of nitrogens with one attached hydrogen (secondary N) is 1. The lowest BCUT2D eigenvalue weighted by Crippen LogP contribution is -2.23. The van der Waals surface area contributed by atoms with Gasteiger partial charge in [0.2, 0.25) is 11.6 Å². The molecule has 0 bridgehead atoms. The molecule has 2 aromatic heterocycles. The van der Waals surface area contributed by atoms with Crippen LogP contribution in [0, 0.1) is 20.4 Å². The van der Waals surface area contributed by atoms with Gasteiger partial charge in [-0.2, -0.15) is 10.1 Å². The van der Waals surface area contributed by atoms with Crippen molar-refractivity contribution in [3.8, 4) is 17.3 Å². The Morgan fingerprint density at radius 1 is 0.746 bits per heavy atom. The maximum absolute atomic E-state index is 13.3. The normalized spacial score (nSPS) is 13.7. The third kappa shape index (κ3) is 8.81. The Balaban J connectivity index is 0.000000203.